The first kappa shape index (κ1) is 24.0. The zero-order valence-electron chi connectivity index (χ0n) is 24.3. The van der Waals surface area contributed by atoms with Crippen LogP contribution in [0.4, 0.5) is 0 Å². The Kier molecular flexibility index (Phi) is 4.52. The number of fused-ring (bicyclic) bond motifs is 12. The van der Waals surface area contributed by atoms with E-state index in [0.29, 0.717) is 5.89 Å². The van der Waals surface area contributed by atoms with E-state index in [-0.39, 0.29) is 0 Å². The fraction of sp³-hybridized carbons (Fsp3) is 0. The molecule has 0 N–H and O–H groups in total. The van der Waals surface area contributed by atoms with Crippen LogP contribution in [-0.2, 0) is 0 Å². The first-order chi connectivity index (χ1) is 22.8. The van der Waals surface area contributed by atoms with Gasteiger partial charge >= 0.3 is 0 Å². The maximum absolute atomic E-state index is 6.82. The first-order valence-corrected chi connectivity index (χ1v) is 15.4. The minimum Gasteiger partial charge on any atom is -0.456 e. The summed E-state index contributed by atoms with van der Waals surface area (Å²) < 4.78 is 21.8. The molecule has 0 amide bonds. The number of hydrogen-bond donors (Lipinski definition) is 0. The molecule has 0 aliphatic heterocycles. The molecule has 4 heterocycles. The van der Waals surface area contributed by atoms with Crippen molar-refractivity contribution >= 4 is 87.6 Å². The summed E-state index contributed by atoms with van der Waals surface area (Å²) in [6, 6.07) is 46.1. The lowest BCUT2D eigenvalue weighted by Crippen LogP contribution is -1.95. The van der Waals surface area contributed by atoms with Gasteiger partial charge in [-0.1, -0.05) is 78.9 Å². The molecule has 214 valence electrons. The maximum Gasteiger partial charge on any atom is 0.227 e. The quantitative estimate of drug-likeness (QED) is 0.201. The van der Waals surface area contributed by atoms with Gasteiger partial charge in [0.15, 0.2) is 11.2 Å². The Morgan fingerprint density at radius 2 is 1.24 bits per heavy atom. The van der Waals surface area contributed by atoms with Crippen LogP contribution in [0, 0.1) is 0 Å². The Morgan fingerprint density at radius 3 is 2.15 bits per heavy atom. The molecule has 11 rings (SSSR count). The van der Waals surface area contributed by atoms with Crippen LogP contribution in [0.5, 0.6) is 0 Å². The summed E-state index contributed by atoms with van der Waals surface area (Å²) in [7, 11) is 0. The van der Waals surface area contributed by atoms with E-state index in [4.69, 9.17) is 18.2 Å². The number of benzene rings is 7. The Balaban J connectivity index is 1.33. The van der Waals surface area contributed by atoms with Gasteiger partial charge in [0.25, 0.3) is 0 Å². The molecule has 0 aliphatic rings. The average molecular weight is 591 g/mol. The third-order valence-electron chi connectivity index (χ3n) is 9.39. The zero-order chi connectivity index (χ0) is 29.9. The van der Waals surface area contributed by atoms with Crippen molar-refractivity contribution in [2.45, 2.75) is 0 Å². The lowest BCUT2D eigenvalue weighted by atomic mass is 10.0. The number of para-hydroxylation sites is 4. The van der Waals surface area contributed by atoms with E-state index < -0.39 is 0 Å². The second-order valence-electron chi connectivity index (χ2n) is 11.9. The van der Waals surface area contributed by atoms with Crippen molar-refractivity contribution in [2.24, 2.45) is 0 Å². The Morgan fingerprint density at radius 1 is 0.457 bits per heavy atom. The first-order valence-electron chi connectivity index (χ1n) is 15.4. The topological polar surface area (TPSA) is 57.2 Å². The van der Waals surface area contributed by atoms with Crippen LogP contribution in [0.25, 0.3) is 105 Å². The molecule has 0 spiro atoms. The van der Waals surface area contributed by atoms with Crippen molar-refractivity contribution < 1.29 is 13.3 Å². The average Bonchev–Trinajstić information content (AvgIpc) is 3.87. The molecule has 4 aromatic heterocycles. The summed E-state index contributed by atoms with van der Waals surface area (Å²) in [5.74, 6) is 0.572. The highest BCUT2D eigenvalue weighted by atomic mass is 16.3. The van der Waals surface area contributed by atoms with Crippen molar-refractivity contribution in [1.29, 1.82) is 0 Å². The summed E-state index contributed by atoms with van der Waals surface area (Å²) in [5.41, 5.74) is 8.95. The smallest absolute Gasteiger partial charge is 0.227 e. The van der Waals surface area contributed by atoms with E-state index in [2.05, 4.69) is 102 Å². The monoisotopic (exact) mass is 590 g/mol. The van der Waals surface area contributed by atoms with Gasteiger partial charge < -0.3 is 17.8 Å². The second-order valence-corrected chi connectivity index (χ2v) is 11.9. The van der Waals surface area contributed by atoms with Crippen LogP contribution in [0.2, 0.25) is 0 Å². The number of nitrogens with zero attached hydrogens (tertiary/aromatic N) is 2. The van der Waals surface area contributed by atoms with Gasteiger partial charge in [-0.05, 0) is 65.4 Å². The summed E-state index contributed by atoms with van der Waals surface area (Å²) >= 11 is 0. The van der Waals surface area contributed by atoms with Gasteiger partial charge in [-0.15, -0.1) is 0 Å². The van der Waals surface area contributed by atoms with Gasteiger partial charge in [-0.2, -0.15) is 0 Å². The van der Waals surface area contributed by atoms with Crippen LogP contribution in [0.3, 0.4) is 0 Å². The number of hydrogen-bond acceptors (Lipinski definition) is 4. The number of rotatable bonds is 2. The van der Waals surface area contributed by atoms with Crippen molar-refractivity contribution in [3.05, 3.63) is 133 Å². The van der Waals surface area contributed by atoms with Crippen LogP contribution in [0.1, 0.15) is 0 Å². The van der Waals surface area contributed by atoms with Crippen molar-refractivity contribution in [1.82, 2.24) is 9.55 Å². The molecule has 0 fully saturated rings. The van der Waals surface area contributed by atoms with Gasteiger partial charge in [0.2, 0.25) is 5.89 Å². The van der Waals surface area contributed by atoms with E-state index in [9.17, 15) is 0 Å². The molecule has 0 bridgehead atoms. The minimum atomic E-state index is 0.572. The normalized spacial score (nSPS) is 12.3. The maximum atomic E-state index is 6.82. The van der Waals surface area contributed by atoms with E-state index >= 15 is 0 Å². The highest BCUT2D eigenvalue weighted by Crippen LogP contribution is 2.44. The predicted molar refractivity (Wildman–Crippen MR) is 186 cm³/mol. The molecule has 0 saturated heterocycles. The van der Waals surface area contributed by atoms with E-state index in [1.807, 2.05) is 36.4 Å². The van der Waals surface area contributed by atoms with E-state index in [1.165, 1.54) is 0 Å². The number of oxazole rings is 1. The van der Waals surface area contributed by atoms with Gasteiger partial charge in [0.05, 0.1) is 16.7 Å². The molecule has 0 saturated carbocycles. The van der Waals surface area contributed by atoms with Gasteiger partial charge in [0.1, 0.15) is 22.3 Å². The molecule has 11 aromatic rings. The summed E-state index contributed by atoms with van der Waals surface area (Å²) in [6.45, 7) is 0. The number of aromatic nitrogens is 2. The molecule has 46 heavy (non-hydrogen) atoms. The van der Waals surface area contributed by atoms with E-state index in [1.54, 1.807) is 0 Å². The second kappa shape index (κ2) is 8.65. The molecule has 7 aromatic carbocycles. The largest absolute Gasteiger partial charge is 0.456 e. The molecule has 5 nitrogen and oxygen atoms in total. The van der Waals surface area contributed by atoms with Gasteiger partial charge in [-0.25, -0.2) is 4.98 Å². The van der Waals surface area contributed by atoms with Crippen LogP contribution in [0.15, 0.2) is 147 Å². The third-order valence-corrected chi connectivity index (χ3v) is 9.39. The molecular formula is C41H22N2O3. The van der Waals surface area contributed by atoms with Crippen LogP contribution in [-0.4, -0.2) is 9.55 Å². The molecule has 5 heteroatoms. The lowest BCUT2D eigenvalue weighted by molar-refractivity contribution is 0.620. The lowest BCUT2D eigenvalue weighted by Gasteiger charge is -2.10. The highest BCUT2D eigenvalue weighted by Gasteiger charge is 2.23. The van der Waals surface area contributed by atoms with Crippen LogP contribution >= 0.6 is 0 Å². The molecule has 0 radical (unpaired) electrons. The zero-order valence-corrected chi connectivity index (χ0v) is 24.3. The fourth-order valence-corrected chi connectivity index (χ4v) is 7.36. The molecule has 0 aliphatic carbocycles. The van der Waals surface area contributed by atoms with Gasteiger partial charge in [0, 0.05) is 37.9 Å². The van der Waals surface area contributed by atoms with Crippen molar-refractivity contribution in [2.75, 3.05) is 0 Å². The van der Waals surface area contributed by atoms with E-state index in [0.717, 1.165) is 98.8 Å². The summed E-state index contributed by atoms with van der Waals surface area (Å²) in [4.78, 5) is 4.91. The summed E-state index contributed by atoms with van der Waals surface area (Å²) in [6.07, 6.45) is 0. The Hall–Kier alpha value is -6.33. The van der Waals surface area contributed by atoms with Crippen LogP contribution < -0.4 is 0 Å². The predicted octanol–water partition coefficient (Wildman–Crippen LogP) is 11.5. The summed E-state index contributed by atoms with van der Waals surface area (Å²) in [5, 5.41) is 8.83. The molecule has 0 unspecified atom stereocenters. The fourth-order valence-electron chi connectivity index (χ4n) is 7.36. The molecule has 0 atom stereocenters. The SMILES string of the molecule is c1ccc2c(c1)ccc1oc3c(-n4c5ccccc5c5cc6oc7ccccc7c6cc54)cc(-c4nc5ccccc5o4)cc3c12. The molecular weight excluding hydrogens is 568 g/mol. The van der Waals surface area contributed by atoms with Crippen molar-refractivity contribution in [3.63, 3.8) is 0 Å². The Labute approximate surface area is 260 Å². The minimum absolute atomic E-state index is 0.572. The van der Waals surface area contributed by atoms with Gasteiger partial charge in [-0.3, -0.25) is 0 Å². The Bertz CT molecular complexity index is 3010. The standard InChI is InChI=1S/C41H22N2O3/c1-2-10-25-23(9-1)17-18-37-39(25)30-19-24(41-42-31-13-5-8-16-36(31)46-41)20-34(40(30)45-37)43-32-14-6-3-11-26(32)28-22-38-29(21-33(28)43)27-12-4-7-15-35(27)44-38/h1-22H. The number of furan rings is 2. The highest BCUT2D eigenvalue weighted by molar-refractivity contribution is 6.22. The van der Waals surface area contributed by atoms with Crippen molar-refractivity contribution in [3.8, 4) is 17.1 Å². The third kappa shape index (κ3) is 3.16.